The van der Waals surface area contributed by atoms with Crippen LogP contribution in [0.2, 0.25) is 0 Å². The number of nitrogens with zero attached hydrogens (tertiary/aromatic N) is 1. The lowest BCUT2D eigenvalue weighted by molar-refractivity contribution is -0.141. The van der Waals surface area contributed by atoms with E-state index in [9.17, 15) is 19.2 Å². The maximum Gasteiger partial charge on any atom is 0.326 e. The summed E-state index contributed by atoms with van der Waals surface area (Å²) in [6, 6.07) is 11.9. The number of Topliss-reactive ketones (excluding diaryl/α,β-unsaturated/α-hetero) is 1. The van der Waals surface area contributed by atoms with E-state index in [-0.39, 0.29) is 37.2 Å². The molecular formula is C22H20N2O6. The molecule has 8 heteroatoms. The molecule has 0 aliphatic carbocycles. The molecule has 8 nitrogen and oxygen atoms in total. The highest BCUT2D eigenvalue weighted by Crippen LogP contribution is 2.30. The number of aryl methyl sites for hydroxylation is 1. The van der Waals surface area contributed by atoms with Crippen molar-refractivity contribution in [3.8, 4) is 5.75 Å². The Morgan fingerprint density at radius 2 is 1.90 bits per heavy atom. The first kappa shape index (κ1) is 19.6. The van der Waals surface area contributed by atoms with Gasteiger partial charge in [-0.2, -0.15) is 0 Å². The maximum atomic E-state index is 12.4. The first-order valence-electron chi connectivity index (χ1n) is 9.65. The predicted molar refractivity (Wildman–Crippen MR) is 108 cm³/mol. The number of ether oxygens (including phenoxy) is 2. The lowest BCUT2D eigenvalue weighted by Gasteiger charge is -2.20. The molecular weight excluding hydrogens is 388 g/mol. The van der Waals surface area contributed by atoms with Gasteiger partial charge in [0, 0.05) is 17.7 Å². The minimum absolute atomic E-state index is 0.0504. The van der Waals surface area contributed by atoms with Gasteiger partial charge < -0.3 is 14.8 Å². The minimum atomic E-state index is -0.682. The molecule has 0 radical (unpaired) electrons. The Labute approximate surface area is 172 Å². The second-order valence-electron chi connectivity index (χ2n) is 7.05. The molecule has 0 aromatic heterocycles. The van der Waals surface area contributed by atoms with Crippen LogP contribution in [0.5, 0.6) is 5.75 Å². The van der Waals surface area contributed by atoms with E-state index in [0.717, 1.165) is 5.56 Å². The van der Waals surface area contributed by atoms with Crippen LogP contribution in [0, 0.1) is 0 Å². The average molecular weight is 408 g/mol. The molecule has 2 heterocycles. The van der Waals surface area contributed by atoms with Crippen molar-refractivity contribution in [2.45, 2.75) is 19.3 Å². The van der Waals surface area contributed by atoms with E-state index in [2.05, 4.69) is 5.32 Å². The van der Waals surface area contributed by atoms with Crippen LogP contribution >= 0.6 is 0 Å². The van der Waals surface area contributed by atoms with E-state index in [1.807, 2.05) is 0 Å². The van der Waals surface area contributed by atoms with Crippen molar-refractivity contribution in [3.05, 3.63) is 53.6 Å². The van der Waals surface area contributed by atoms with Gasteiger partial charge in [0.25, 0.3) is 0 Å². The zero-order chi connectivity index (χ0) is 21.1. The third kappa shape index (κ3) is 4.17. The molecule has 0 atom stereocenters. The Morgan fingerprint density at radius 3 is 2.77 bits per heavy atom. The summed E-state index contributed by atoms with van der Waals surface area (Å²) in [5, 5.41) is 2.76. The highest BCUT2D eigenvalue weighted by Gasteiger charge is 2.26. The van der Waals surface area contributed by atoms with Crippen molar-refractivity contribution < 1.29 is 28.7 Å². The summed E-state index contributed by atoms with van der Waals surface area (Å²) in [6.07, 6.45) is 1.07. The molecule has 0 bridgehead atoms. The number of carbonyl (C=O) groups excluding carboxylic acids is 4. The largest absolute Gasteiger partial charge is 0.491 e. The van der Waals surface area contributed by atoms with Crippen LogP contribution in [0.4, 0.5) is 11.4 Å². The quantitative estimate of drug-likeness (QED) is 0.601. The van der Waals surface area contributed by atoms with Gasteiger partial charge in [-0.1, -0.05) is 12.1 Å². The number of hydrogen-bond acceptors (Lipinski definition) is 6. The first-order valence-corrected chi connectivity index (χ1v) is 9.65. The number of esters is 1. The lowest BCUT2D eigenvalue weighted by atomic mass is 9.99. The molecule has 2 amide bonds. The third-order valence-corrected chi connectivity index (χ3v) is 5.00. The highest BCUT2D eigenvalue weighted by molar-refractivity contribution is 6.02. The molecule has 0 spiro atoms. The number of nitrogens with one attached hydrogen (secondary N) is 1. The number of para-hydroxylation sites is 2. The van der Waals surface area contributed by atoms with Gasteiger partial charge >= 0.3 is 5.97 Å². The van der Waals surface area contributed by atoms with Gasteiger partial charge in [0.1, 0.15) is 12.3 Å². The van der Waals surface area contributed by atoms with Crippen molar-refractivity contribution in [2.24, 2.45) is 0 Å². The van der Waals surface area contributed by atoms with Crippen LogP contribution in [0.3, 0.4) is 0 Å². The van der Waals surface area contributed by atoms with E-state index < -0.39 is 12.6 Å². The highest BCUT2D eigenvalue weighted by atomic mass is 16.5. The lowest BCUT2D eigenvalue weighted by Crippen LogP contribution is -2.36. The number of anilines is 2. The summed E-state index contributed by atoms with van der Waals surface area (Å²) in [6.45, 7) is -0.495. The van der Waals surface area contributed by atoms with Crippen LogP contribution in [0.25, 0.3) is 0 Å². The van der Waals surface area contributed by atoms with Crippen LogP contribution in [0.1, 0.15) is 28.8 Å². The predicted octanol–water partition coefficient (Wildman–Crippen LogP) is 2.11. The number of rotatable bonds is 5. The summed E-state index contributed by atoms with van der Waals surface area (Å²) >= 11 is 0. The number of hydrogen-bond donors (Lipinski definition) is 1. The normalized spacial score (nSPS) is 15.3. The van der Waals surface area contributed by atoms with E-state index in [1.165, 1.54) is 4.90 Å². The molecule has 0 saturated carbocycles. The zero-order valence-electron chi connectivity index (χ0n) is 16.2. The van der Waals surface area contributed by atoms with Crippen molar-refractivity contribution in [3.63, 3.8) is 0 Å². The van der Waals surface area contributed by atoms with Gasteiger partial charge in [-0.3, -0.25) is 24.1 Å². The smallest absolute Gasteiger partial charge is 0.326 e. The molecule has 30 heavy (non-hydrogen) atoms. The van der Waals surface area contributed by atoms with Crippen LogP contribution in [0.15, 0.2) is 42.5 Å². The second kappa shape index (κ2) is 8.36. The minimum Gasteiger partial charge on any atom is -0.491 e. The molecule has 1 N–H and O–H groups in total. The van der Waals surface area contributed by atoms with Gasteiger partial charge in [0.2, 0.25) is 11.8 Å². The molecule has 4 rings (SSSR count). The number of carbonyl (C=O) groups is 4. The summed E-state index contributed by atoms with van der Waals surface area (Å²) < 4.78 is 10.7. The number of amides is 2. The summed E-state index contributed by atoms with van der Waals surface area (Å²) in [5.74, 6) is -0.813. The maximum absolute atomic E-state index is 12.4. The Kier molecular flexibility index (Phi) is 5.47. The molecule has 154 valence electrons. The van der Waals surface area contributed by atoms with E-state index >= 15 is 0 Å². The van der Waals surface area contributed by atoms with Crippen LogP contribution in [-0.2, 0) is 25.5 Å². The van der Waals surface area contributed by atoms with Gasteiger partial charge in [-0.15, -0.1) is 0 Å². The molecule has 2 aromatic carbocycles. The van der Waals surface area contributed by atoms with Crippen molar-refractivity contribution in [1.82, 2.24) is 0 Å². The Morgan fingerprint density at radius 1 is 1.07 bits per heavy atom. The molecule has 0 saturated heterocycles. The number of fused-ring (bicyclic) bond motifs is 2. The van der Waals surface area contributed by atoms with Crippen molar-refractivity contribution >= 4 is 34.9 Å². The summed E-state index contributed by atoms with van der Waals surface area (Å²) in [5.41, 5.74) is 2.47. The fraction of sp³-hybridized carbons (Fsp3) is 0.273. The molecule has 0 fully saturated rings. The number of benzene rings is 2. The Hall–Kier alpha value is -3.68. The second-order valence-corrected chi connectivity index (χ2v) is 7.05. The van der Waals surface area contributed by atoms with E-state index in [4.69, 9.17) is 9.47 Å². The monoisotopic (exact) mass is 408 g/mol. The zero-order valence-corrected chi connectivity index (χ0v) is 16.2. The Bertz CT molecular complexity index is 1030. The number of ketones is 1. The van der Waals surface area contributed by atoms with Crippen molar-refractivity contribution in [1.29, 1.82) is 0 Å². The topological polar surface area (TPSA) is 102 Å². The SMILES string of the molecule is O=C1CCc2cc(C(=O)COC(=O)CN3C(=O)CCOc4ccccc43)ccc2N1. The van der Waals surface area contributed by atoms with E-state index in [1.54, 1.807) is 42.5 Å². The first-order chi connectivity index (χ1) is 14.5. The van der Waals surface area contributed by atoms with Gasteiger partial charge in [0.05, 0.1) is 18.7 Å². The standard InChI is InChI=1S/C22H20N2O6/c25-18(15-5-7-16-14(11-15)6-8-20(26)23-16)13-30-22(28)12-24-17-3-1-2-4-19(17)29-10-9-21(24)27/h1-5,7,11H,6,8-10,12-13H2,(H,23,26). The molecule has 2 aliphatic heterocycles. The Balaban J connectivity index is 1.38. The fourth-order valence-corrected chi connectivity index (χ4v) is 3.45. The summed E-state index contributed by atoms with van der Waals surface area (Å²) in [4.78, 5) is 49.9. The summed E-state index contributed by atoms with van der Waals surface area (Å²) in [7, 11) is 0. The van der Waals surface area contributed by atoms with E-state index in [0.29, 0.717) is 35.5 Å². The molecule has 0 unspecified atom stereocenters. The molecule has 2 aromatic rings. The van der Waals surface area contributed by atoms with Crippen LogP contribution < -0.4 is 15.0 Å². The fourth-order valence-electron chi connectivity index (χ4n) is 3.45. The van der Waals surface area contributed by atoms with Gasteiger partial charge in [-0.25, -0.2) is 0 Å². The van der Waals surface area contributed by atoms with Crippen molar-refractivity contribution in [2.75, 3.05) is 30.0 Å². The van der Waals surface area contributed by atoms with Gasteiger partial charge in [-0.05, 0) is 42.3 Å². The average Bonchev–Trinajstić information content (AvgIpc) is 2.90. The van der Waals surface area contributed by atoms with Crippen LogP contribution in [-0.4, -0.2) is 43.3 Å². The van der Waals surface area contributed by atoms with Gasteiger partial charge in [0.15, 0.2) is 12.4 Å². The third-order valence-electron chi connectivity index (χ3n) is 5.00. The molecule has 2 aliphatic rings.